The van der Waals surface area contributed by atoms with Crippen molar-refractivity contribution in [2.75, 3.05) is 39.8 Å². The first-order valence-electron chi connectivity index (χ1n) is 6.73. The molecule has 2 rings (SSSR count). The molecule has 1 saturated heterocycles. The number of nitrogens with zero attached hydrogens (tertiary/aromatic N) is 3. The van der Waals surface area contributed by atoms with E-state index in [1.165, 1.54) is 0 Å². The molecule has 1 aliphatic rings. The molecule has 0 spiro atoms. The maximum Gasteiger partial charge on any atom is 0.227 e. The smallest absolute Gasteiger partial charge is 0.227 e. The highest BCUT2D eigenvalue weighted by Gasteiger charge is 2.20. The summed E-state index contributed by atoms with van der Waals surface area (Å²) in [6.45, 7) is 3.39. The fourth-order valence-corrected chi connectivity index (χ4v) is 2.32. The zero-order chi connectivity index (χ0) is 14.4. The molecular formula is C15H19N3O2. The summed E-state index contributed by atoms with van der Waals surface area (Å²) in [7, 11) is 1.62. The van der Waals surface area contributed by atoms with E-state index in [2.05, 4.69) is 11.0 Å². The molecule has 1 aromatic carbocycles. The van der Waals surface area contributed by atoms with E-state index in [0.29, 0.717) is 26.1 Å². The third-order valence-electron chi connectivity index (χ3n) is 3.51. The second-order valence-electron chi connectivity index (χ2n) is 4.84. The van der Waals surface area contributed by atoms with Crippen molar-refractivity contribution in [1.29, 1.82) is 5.26 Å². The topological polar surface area (TPSA) is 56.6 Å². The van der Waals surface area contributed by atoms with Gasteiger partial charge in [-0.2, -0.15) is 5.26 Å². The van der Waals surface area contributed by atoms with Crippen molar-refractivity contribution in [2.45, 2.75) is 6.42 Å². The Labute approximate surface area is 119 Å². The van der Waals surface area contributed by atoms with E-state index in [1.807, 2.05) is 29.2 Å². The van der Waals surface area contributed by atoms with Crippen LogP contribution in [0, 0.1) is 11.3 Å². The zero-order valence-corrected chi connectivity index (χ0v) is 11.7. The number of carbonyl (C=O) groups excluding carboxylic acids is 1. The van der Waals surface area contributed by atoms with Crippen LogP contribution < -0.4 is 4.74 Å². The summed E-state index contributed by atoms with van der Waals surface area (Å²) in [5, 5.41) is 8.65. The van der Waals surface area contributed by atoms with Gasteiger partial charge < -0.3 is 9.64 Å². The van der Waals surface area contributed by atoms with Gasteiger partial charge in [0.2, 0.25) is 5.91 Å². The molecule has 1 aliphatic heterocycles. The lowest BCUT2D eigenvalue weighted by Crippen LogP contribution is -2.49. The van der Waals surface area contributed by atoms with Gasteiger partial charge in [0.25, 0.3) is 0 Å². The first-order valence-corrected chi connectivity index (χ1v) is 6.73. The van der Waals surface area contributed by atoms with Gasteiger partial charge in [-0.1, -0.05) is 12.1 Å². The Bertz CT molecular complexity index is 502. The van der Waals surface area contributed by atoms with Gasteiger partial charge in [-0.25, -0.2) is 0 Å². The van der Waals surface area contributed by atoms with Gasteiger partial charge in [0.1, 0.15) is 5.75 Å². The monoisotopic (exact) mass is 273 g/mol. The summed E-state index contributed by atoms with van der Waals surface area (Å²) in [6.07, 6.45) is 0.398. The first kappa shape index (κ1) is 14.4. The normalized spacial score (nSPS) is 15.7. The number of ether oxygens (including phenoxy) is 1. The van der Waals surface area contributed by atoms with E-state index < -0.39 is 0 Å². The molecule has 20 heavy (non-hydrogen) atoms. The number of piperazine rings is 1. The zero-order valence-electron chi connectivity index (χ0n) is 11.7. The van der Waals surface area contributed by atoms with Gasteiger partial charge in [-0.3, -0.25) is 9.69 Å². The van der Waals surface area contributed by atoms with Crippen LogP contribution in [0.25, 0.3) is 0 Å². The summed E-state index contributed by atoms with van der Waals surface area (Å²) < 4.78 is 5.16. The summed E-state index contributed by atoms with van der Waals surface area (Å²) in [5.41, 5.74) is 0.966. The number of hydrogen-bond donors (Lipinski definition) is 0. The Morgan fingerprint density at radius 2 is 2.10 bits per heavy atom. The van der Waals surface area contributed by atoms with Gasteiger partial charge >= 0.3 is 0 Å². The van der Waals surface area contributed by atoms with E-state index >= 15 is 0 Å². The minimum Gasteiger partial charge on any atom is -0.497 e. The van der Waals surface area contributed by atoms with Crippen LogP contribution in [0.2, 0.25) is 0 Å². The fourth-order valence-electron chi connectivity index (χ4n) is 2.32. The second-order valence-corrected chi connectivity index (χ2v) is 4.84. The molecule has 5 heteroatoms. The number of rotatable bonds is 4. The quantitative estimate of drug-likeness (QED) is 0.765. The second kappa shape index (κ2) is 6.92. The number of amides is 1. The van der Waals surface area contributed by atoms with Crippen LogP contribution in [-0.2, 0) is 11.2 Å². The van der Waals surface area contributed by atoms with Crippen molar-refractivity contribution in [2.24, 2.45) is 0 Å². The maximum atomic E-state index is 12.2. The van der Waals surface area contributed by atoms with Crippen molar-refractivity contribution in [3.63, 3.8) is 0 Å². The molecule has 0 aromatic heterocycles. The van der Waals surface area contributed by atoms with Gasteiger partial charge in [0.05, 0.1) is 26.1 Å². The molecule has 0 unspecified atom stereocenters. The van der Waals surface area contributed by atoms with E-state index in [4.69, 9.17) is 10.00 Å². The SMILES string of the molecule is COc1cccc(CC(=O)N2CCN(CC#N)CC2)c1. The van der Waals surface area contributed by atoms with E-state index in [9.17, 15) is 4.79 Å². The summed E-state index contributed by atoms with van der Waals surface area (Å²) in [5.74, 6) is 0.906. The number of carbonyl (C=O) groups is 1. The van der Waals surface area contributed by atoms with E-state index in [1.54, 1.807) is 7.11 Å². The molecule has 5 nitrogen and oxygen atoms in total. The predicted molar refractivity (Wildman–Crippen MR) is 75.3 cm³/mol. The number of nitriles is 1. The lowest BCUT2D eigenvalue weighted by molar-refractivity contribution is -0.132. The molecule has 0 N–H and O–H groups in total. The summed E-state index contributed by atoms with van der Waals surface area (Å²) in [6, 6.07) is 9.74. The highest BCUT2D eigenvalue weighted by atomic mass is 16.5. The lowest BCUT2D eigenvalue weighted by Gasteiger charge is -2.33. The van der Waals surface area contributed by atoms with E-state index in [0.717, 1.165) is 24.4 Å². The molecule has 1 aromatic rings. The van der Waals surface area contributed by atoms with E-state index in [-0.39, 0.29) is 5.91 Å². The van der Waals surface area contributed by atoms with Gasteiger partial charge in [-0.15, -0.1) is 0 Å². The highest BCUT2D eigenvalue weighted by molar-refractivity contribution is 5.79. The minimum atomic E-state index is 0.134. The van der Waals surface area contributed by atoms with Crippen molar-refractivity contribution in [3.8, 4) is 11.8 Å². The number of benzene rings is 1. The third-order valence-corrected chi connectivity index (χ3v) is 3.51. The molecule has 0 aliphatic carbocycles. The van der Waals surface area contributed by atoms with Crippen molar-refractivity contribution in [1.82, 2.24) is 9.80 Å². The molecular weight excluding hydrogens is 254 g/mol. The molecule has 0 atom stereocenters. The standard InChI is InChI=1S/C15H19N3O2/c1-20-14-4-2-3-13(11-14)12-15(19)18-9-7-17(6-5-16)8-10-18/h2-4,11H,6-10,12H2,1H3. The molecule has 0 radical (unpaired) electrons. The highest BCUT2D eigenvalue weighted by Crippen LogP contribution is 2.14. The van der Waals surface area contributed by atoms with Gasteiger partial charge in [0, 0.05) is 26.2 Å². The average molecular weight is 273 g/mol. The van der Waals surface area contributed by atoms with Crippen LogP contribution in [0.4, 0.5) is 0 Å². The Morgan fingerprint density at radius 3 is 2.75 bits per heavy atom. The predicted octanol–water partition coefficient (Wildman–Crippen LogP) is 0.905. The maximum absolute atomic E-state index is 12.2. The fraction of sp³-hybridized carbons (Fsp3) is 0.467. The van der Waals surface area contributed by atoms with Gasteiger partial charge in [-0.05, 0) is 17.7 Å². The molecule has 0 bridgehead atoms. The molecule has 106 valence electrons. The van der Waals surface area contributed by atoms with Crippen LogP contribution in [0.1, 0.15) is 5.56 Å². The Balaban J connectivity index is 1.88. The molecule has 0 saturated carbocycles. The third kappa shape index (κ3) is 3.72. The number of methoxy groups -OCH3 is 1. The van der Waals surface area contributed by atoms with Crippen LogP contribution in [0.5, 0.6) is 5.75 Å². The lowest BCUT2D eigenvalue weighted by atomic mass is 10.1. The van der Waals surface area contributed by atoms with Crippen molar-refractivity contribution in [3.05, 3.63) is 29.8 Å². The Morgan fingerprint density at radius 1 is 1.35 bits per heavy atom. The van der Waals surface area contributed by atoms with Crippen LogP contribution >= 0.6 is 0 Å². The summed E-state index contributed by atoms with van der Waals surface area (Å²) in [4.78, 5) is 16.2. The molecule has 1 heterocycles. The largest absolute Gasteiger partial charge is 0.497 e. The molecule has 1 fully saturated rings. The Hall–Kier alpha value is -2.06. The summed E-state index contributed by atoms with van der Waals surface area (Å²) >= 11 is 0. The van der Waals surface area contributed by atoms with Crippen molar-refractivity contribution >= 4 is 5.91 Å². The van der Waals surface area contributed by atoms with Crippen LogP contribution in [0.3, 0.4) is 0 Å². The van der Waals surface area contributed by atoms with Crippen molar-refractivity contribution < 1.29 is 9.53 Å². The Kier molecular flexibility index (Phi) is 4.97. The molecule has 1 amide bonds. The average Bonchev–Trinajstić information content (AvgIpc) is 2.48. The first-order chi connectivity index (χ1) is 9.72. The van der Waals surface area contributed by atoms with Crippen LogP contribution in [-0.4, -0.2) is 55.5 Å². The minimum absolute atomic E-state index is 0.134. The van der Waals surface area contributed by atoms with Crippen LogP contribution in [0.15, 0.2) is 24.3 Å². The number of hydrogen-bond acceptors (Lipinski definition) is 4. The van der Waals surface area contributed by atoms with Gasteiger partial charge in [0.15, 0.2) is 0 Å².